The van der Waals surface area contributed by atoms with Gasteiger partial charge in [-0.1, -0.05) is 47.7 Å². The number of pyridine rings is 1. The summed E-state index contributed by atoms with van der Waals surface area (Å²) in [5, 5.41) is 9.37. The van der Waals surface area contributed by atoms with Gasteiger partial charge in [0.2, 0.25) is 11.8 Å². The zero-order chi connectivity index (χ0) is 22.1. The molecule has 0 N–H and O–H groups in total. The highest BCUT2D eigenvalue weighted by molar-refractivity contribution is 7.98. The Bertz CT molecular complexity index is 1460. The molecule has 158 valence electrons. The maximum Gasteiger partial charge on any atom is 0.267 e. The van der Waals surface area contributed by atoms with E-state index in [4.69, 9.17) is 9.40 Å². The fraction of sp³-hybridized carbons (Fsp3) is 0.125. The molecule has 0 fully saturated rings. The monoisotopic (exact) mass is 441 g/mol. The fourth-order valence-corrected chi connectivity index (χ4v) is 4.09. The minimum absolute atomic E-state index is 0.166. The lowest BCUT2D eigenvalue weighted by atomic mass is 10.1. The van der Waals surface area contributed by atoms with Gasteiger partial charge in [-0.2, -0.15) is 0 Å². The third kappa shape index (κ3) is 3.92. The van der Waals surface area contributed by atoms with Gasteiger partial charge in [0, 0.05) is 11.8 Å². The smallest absolute Gasteiger partial charge is 0.267 e. The lowest BCUT2D eigenvalue weighted by Gasteiger charge is -2.12. The van der Waals surface area contributed by atoms with Crippen molar-refractivity contribution in [2.24, 2.45) is 0 Å². The van der Waals surface area contributed by atoms with E-state index in [0.717, 1.165) is 16.7 Å². The van der Waals surface area contributed by atoms with E-state index in [2.05, 4.69) is 15.2 Å². The third-order valence-electron chi connectivity index (χ3n) is 4.96. The van der Waals surface area contributed by atoms with E-state index in [0.29, 0.717) is 39.4 Å². The highest BCUT2D eigenvalue weighted by atomic mass is 32.2. The Morgan fingerprint density at radius 2 is 1.72 bits per heavy atom. The highest BCUT2D eigenvalue weighted by Gasteiger charge is 2.16. The van der Waals surface area contributed by atoms with E-state index in [9.17, 15) is 4.79 Å². The van der Waals surface area contributed by atoms with Crippen LogP contribution in [-0.4, -0.2) is 24.7 Å². The maximum atomic E-state index is 13.3. The minimum atomic E-state index is -0.166. The number of hydrogen-bond acceptors (Lipinski definition) is 7. The molecule has 0 amide bonds. The van der Waals surface area contributed by atoms with Crippen LogP contribution in [-0.2, 0) is 5.75 Å². The van der Waals surface area contributed by atoms with Gasteiger partial charge in [0.25, 0.3) is 5.56 Å². The highest BCUT2D eigenvalue weighted by Crippen LogP contribution is 2.25. The number of aryl methyl sites for hydroxylation is 2. The molecule has 8 heteroatoms. The molecule has 3 heterocycles. The second-order valence-corrected chi connectivity index (χ2v) is 8.34. The molecule has 0 aliphatic heterocycles. The lowest BCUT2D eigenvalue weighted by Crippen LogP contribution is -2.22. The first-order chi connectivity index (χ1) is 15.6. The molecule has 0 atom stereocenters. The number of nitrogens with zero attached hydrogens (tertiary/aromatic N) is 5. The van der Waals surface area contributed by atoms with E-state index in [1.54, 1.807) is 12.3 Å². The van der Waals surface area contributed by atoms with Gasteiger partial charge in [-0.25, -0.2) is 14.5 Å². The molecule has 0 aliphatic carbocycles. The van der Waals surface area contributed by atoms with Crippen molar-refractivity contribution in [3.63, 3.8) is 0 Å². The van der Waals surface area contributed by atoms with Gasteiger partial charge in [-0.15, -0.1) is 10.2 Å². The second-order valence-electron chi connectivity index (χ2n) is 7.40. The van der Waals surface area contributed by atoms with Crippen molar-refractivity contribution >= 4 is 22.7 Å². The van der Waals surface area contributed by atoms with Crippen LogP contribution in [0, 0.1) is 13.8 Å². The molecule has 3 aromatic heterocycles. The van der Waals surface area contributed by atoms with Crippen LogP contribution in [0.3, 0.4) is 0 Å². The minimum Gasteiger partial charge on any atom is -0.420 e. The lowest BCUT2D eigenvalue weighted by molar-refractivity contribution is 0.528. The van der Waals surface area contributed by atoms with Crippen LogP contribution >= 0.6 is 11.8 Å². The molecular formula is C24H19N5O2S. The average molecular weight is 442 g/mol. The summed E-state index contributed by atoms with van der Waals surface area (Å²) in [6.45, 7) is 3.98. The van der Waals surface area contributed by atoms with Crippen LogP contribution in [0.1, 0.15) is 17.0 Å². The summed E-state index contributed by atoms with van der Waals surface area (Å²) < 4.78 is 7.37. The Morgan fingerprint density at radius 3 is 2.50 bits per heavy atom. The largest absolute Gasteiger partial charge is 0.420 e. The topological polar surface area (TPSA) is 86.7 Å². The summed E-state index contributed by atoms with van der Waals surface area (Å²) >= 11 is 1.35. The van der Waals surface area contributed by atoms with Crippen LogP contribution in [0.2, 0.25) is 0 Å². The van der Waals surface area contributed by atoms with Crippen molar-refractivity contribution in [1.82, 2.24) is 24.7 Å². The predicted molar refractivity (Wildman–Crippen MR) is 124 cm³/mol. The molecule has 32 heavy (non-hydrogen) atoms. The van der Waals surface area contributed by atoms with Crippen molar-refractivity contribution in [1.29, 1.82) is 0 Å². The van der Waals surface area contributed by atoms with Crippen molar-refractivity contribution in [2.45, 2.75) is 24.8 Å². The van der Waals surface area contributed by atoms with Gasteiger partial charge >= 0.3 is 0 Å². The molecule has 0 saturated heterocycles. The number of rotatable bonds is 5. The molecule has 7 nitrogen and oxygen atoms in total. The molecule has 0 radical (unpaired) electrons. The quantitative estimate of drug-likeness (QED) is 0.288. The zero-order valence-corrected chi connectivity index (χ0v) is 18.3. The SMILES string of the molecule is Cc1ccc(-c2nnc(CSc3nc4ccccc4c(=O)n3-c3ccc(C)cn3)o2)cc1. The van der Waals surface area contributed by atoms with Crippen LogP contribution in [0.5, 0.6) is 0 Å². The fourth-order valence-electron chi connectivity index (χ4n) is 3.25. The summed E-state index contributed by atoms with van der Waals surface area (Å²) in [5.41, 5.74) is 3.51. The van der Waals surface area contributed by atoms with Crippen molar-refractivity contribution in [3.05, 3.63) is 94.2 Å². The predicted octanol–water partition coefficient (Wildman–Crippen LogP) is 4.74. The van der Waals surface area contributed by atoms with Gasteiger partial charge < -0.3 is 4.42 Å². The molecule has 0 saturated carbocycles. The Morgan fingerprint density at radius 1 is 0.938 bits per heavy atom. The molecule has 0 spiro atoms. The van der Waals surface area contributed by atoms with E-state index < -0.39 is 0 Å². The Hall–Kier alpha value is -3.78. The summed E-state index contributed by atoms with van der Waals surface area (Å²) in [6.07, 6.45) is 1.73. The van der Waals surface area contributed by atoms with E-state index in [1.807, 2.05) is 68.4 Å². The number of para-hydroxylation sites is 1. The number of aromatic nitrogens is 5. The first-order valence-electron chi connectivity index (χ1n) is 10.1. The summed E-state index contributed by atoms with van der Waals surface area (Å²) in [6, 6.07) is 18.9. The van der Waals surface area contributed by atoms with Crippen LogP contribution < -0.4 is 5.56 Å². The maximum absolute atomic E-state index is 13.3. The molecule has 0 aliphatic rings. The molecule has 5 rings (SSSR count). The van der Waals surface area contributed by atoms with Gasteiger partial charge in [0.1, 0.15) is 5.82 Å². The van der Waals surface area contributed by atoms with Crippen molar-refractivity contribution in [3.8, 4) is 17.3 Å². The number of thioether (sulfide) groups is 1. The first-order valence-corrected chi connectivity index (χ1v) is 11.0. The summed E-state index contributed by atoms with van der Waals surface area (Å²) in [4.78, 5) is 22.4. The molecular weight excluding hydrogens is 422 g/mol. The van der Waals surface area contributed by atoms with Crippen LogP contribution in [0.4, 0.5) is 0 Å². The normalized spacial score (nSPS) is 11.2. The summed E-state index contributed by atoms with van der Waals surface area (Å²) in [5.74, 6) is 1.81. The van der Waals surface area contributed by atoms with Gasteiger partial charge in [-0.05, 0) is 49.7 Å². The number of benzene rings is 2. The van der Waals surface area contributed by atoms with E-state index in [1.165, 1.54) is 16.3 Å². The zero-order valence-electron chi connectivity index (χ0n) is 17.5. The van der Waals surface area contributed by atoms with Gasteiger partial charge in [0.15, 0.2) is 5.16 Å². The van der Waals surface area contributed by atoms with Crippen molar-refractivity contribution < 1.29 is 4.42 Å². The number of fused-ring (bicyclic) bond motifs is 1. The number of hydrogen-bond donors (Lipinski definition) is 0. The van der Waals surface area contributed by atoms with E-state index in [-0.39, 0.29) is 5.56 Å². The van der Waals surface area contributed by atoms with E-state index >= 15 is 0 Å². The third-order valence-corrected chi connectivity index (χ3v) is 5.88. The summed E-state index contributed by atoms with van der Waals surface area (Å²) in [7, 11) is 0. The standard InChI is InChI=1S/C24H19N5O2S/c1-15-7-10-17(11-8-15)22-28-27-21(31-22)14-32-24-26-19-6-4-3-5-18(19)23(30)29(24)20-12-9-16(2)13-25-20/h3-13H,14H2,1-2H3. The molecule has 0 unspecified atom stereocenters. The van der Waals surface area contributed by atoms with Crippen molar-refractivity contribution in [2.75, 3.05) is 0 Å². The van der Waals surface area contributed by atoms with Gasteiger partial charge in [0.05, 0.1) is 16.7 Å². The van der Waals surface area contributed by atoms with Crippen LogP contribution in [0.25, 0.3) is 28.2 Å². The molecule has 5 aromatic rings. The molecule has 2 aromatic carbocycles. The second kappa shape index (κ2) is 8.39. The first kappa shape index (κ1) is 20.1. The van der Waals surface area contributed by atoms with Gasteiger partial charge in [-0.3, -0.25) is 4.79 Å². The Labute approximate surface area is 188 Å². The Kier molecular flexibility index (Phi) is 5.28. The van der Waals surface area contributed by atoms with Crippen LogP contribution in [0.15, 0.2) is 81.2 Å². The Balaban J connectivity index is 1.50. The average Bonchev–Trinajstić information content (AvgIpc) is 3.28. The molecule has 0 bridgehead atoms.